The molecule has 1 aromatic heterocycles. The van der Waals surface area contributed by atoms with Crippen LogP contribution in [-0.2, 0) is 16.0 Å². The number of hydrogen-bond donors (Lipinski definition) is 3. The van der Waals surface area contributed by atoms with Gasteiger partial charge >= 0.3 is 5.97 Å². The molecule has 1 aromatic carbocycles. The number of methoxy groups -OCH3 is 1. The number of nitrogens with two attached hydrogens (primary N) is 2. The summed E-state index contributed by atoms with van der Waals surface area (Å²) in [6.45, 7) is 4.30. The van der Waals surface area contributed by atoms with Crippen LogP contribution in [0.15, 0.2) is 61.1 Å². The zero-order valence-electron chi connectivity index (χ0n) is 18.5. The Hall–Kier alpha value is -4.09. The van der Waals surface area contributed by atoms with Crippen LogP contribution in [0, 0.1) is 12.3 Å². The van der Waals surface area contributed by atoms with Crippen molar-refractivity contribution in [3.63, 3.8) is 0 Å². The third kappa shape index (κ3) is 7.63. The molecule has 0 unspecified atom stereocenters. The number of pyridine rings is 1. The van der Waals surface area contributed by atoms with Gasteiger partial charge in [-0.2, -0.15) is 0 Å². The molecule has 1 heterocycles. The summed E-state index contributed by atoms with van der Waals surface area (Å²) < 4.78 is 4.70. The topological polar surface area (TPSA) is 124 Å². The highest BCUT2D eigenvalue weighted by Gasteiger charge is 2.17. The predicted molar refractivity (Wildman–Crippen MR) is 127 cm³/mol. The number of nitrogens with one attached hydrogen (secondary N) is 1. The third-order valence-electron chi connectivity index (χ3n) is 4.06. The fraction of sp³-hybridized carbons (Fsp3) is 0.208. The first-order chi connectivity index (χ1) is 15.5. The Balaban J connectivity index is 0.00000249. The molecule has 2 aromatic rings. The van der Waals surface area contributed by atoms with Gasteiger partial charge < -0.3 is 20.8 Å². The van der Waals surface area contributed by atoms with Gasteiger partial charge in [0.05, 0.1) is 25.8 Å². The van der Waals surface area contributed by atoms with E-state index < -0.39 is 5.97 Å². The molecule has 5 N–H and O–H groups in total. The van der Waals surface area contributed by atoms with Crippen molar-refractivity contribution >= 4 is 23.1 Å². The maximum absolute atomic E-state index is 12.7. The van der Waals surface area contributed by atoms with Crippen LogP contribution in [0.2, 0.25) is 0 Å². The highest BCUT2D eigenvalue weighted by molar-refractivity contribution is 6.00. The maximum Gasteiger partial charge on any atom is 0.358 e. The summed E-state index contributed by atoms with van der Waals surface area (Å²) >= 11 is 0. The second-order valence-corrected chi connectivity index (χ2v) is 6.12. The first kappa shape index (κ1) is 25.9. The maximum atomic E-state index is 12.7. The van der Waals surface area contributed by atoms with Crippen LogP contribution in [0.5, 0.6) is 0 Å². The first-order valence-corrected chi connectivity index (χ1v) is 9.96. The molecule has 0 atom stereocenters. The number of esters is 1. The number of hydrazine groups is 1. The number of aromatic nitrogens is 1. The molecule has 0 fully saturated rings. The van der Waals surface area contributed by atoms with E-state index in [2.05, 4.69) is 16.2 Å². The van der Waals surface area contributed by atoms with E-state index in [1.165, 1.54) is 30.7 Å². The summed E-state index contributed by atoms with van der Waals surface area (Å²) in [6.07, 6.45) is 11.4. The van der Waals surface area contributed by atoms with Crippen LogP contribution < -0.4 is 16.9 Å². The number of terminal acetylenes is 1. The first-order valence-electron chi connectivity index (χ1n) is 9.96. The molecular weight excluding hydrogens is 406 g/mol. The number of carbonyl (C=O) groups is 2. The highest BCUT2D eigenvalue weighted by Crippen LogP contribution is 2.21. The minimum absolute atomic E-state index is 0.0295. The fourth-order valence-corrected chi connectivity index (χ4v) is 2.79. The van der Waals surface area contributed by atoms with Crippen LogP contribution >= 0.6 is 0 Å². The smallest absolute Gasteiger partial charge is 0.358 e. The Labute approximate surface area is 188 Å². The van der Waals surface area contributed by atoms with Gasteiger partial charge in [0.1, 0.15) is 0 Å². The molecule has 8 heteroatoms. The van der Waals surface area contributed by atoms with Gasteiger partial charge in [-0.05, 0) is 34.9 Å². The summed E-state index contributed by atoms with van der Waals surface area (Å²) in [5.41, 5.74) is 7.95. The molecule has 2 rings (SSSR count). The molecule has 168 valence electrons. The van der Waals surface area contributed by atoms with Crippen LogP contribution in [0.4, 0.5) is 5.69 Å². The number of amides is 1. The Morgan fingerprint density at radius 1 is 1.25 bits per heavy atom. The molecule has 0 saturated heterocycles. The number of ether oxygens (including phenoxy) is 1. The van der Waals surface area contributed by atoms with Crippen LogP contribution in [0.1, 0.15) is 35.5 Å². The molecule has 8 nitrogen and oxygen atoms in total. The van der Waals surface area contributed by atoms with E-state index in [9.17, 15) is 9.59 Å². The van der Waals surface area contributed by atoms with Crippen molar-refractivity contribution in [2.24, 2.45) is 11.6 Å². The molecule has 0 aliphatic heterocycles. The second-order valence-electron chi connectivity index (χ2n) is 6.12. The highest BCUT2D eigenvalue weighted by atomic mass is 16.5. The molecule has 32 heavy (non-hydrogen) atoms. The van der Waals surface area contributed by atoms with Gasteiger partial charge in [0.25, 0.3) is 0 Å². The number of nitrogens with zero attached hydrogens (tertiary/aromatic N) is 2. The lowest BCUT2D eigenvalue weighted by atomic mass is 9.96. The molecule has 0 saturated carbocycles. The Bertz CT molecular complexity index is 1010. The molecule has 0 spiro atoms. The lowest BCUT2D eigenvalue weighted by Gasteiger charge is -2.18. The van der Waals surface area contributed by atoms with Gasteiger partial charge in [-0.3, -0.25) is 4.79 Å². The molecule has 1 amide bonds. The number of rotatable bonds is 8. The van der Waals surface area contributed by atoms with Gasteiger partial charge in [-0.15, -0.1) is 6.42 Å². The van der Waals surface area contributed by atoms with E-state index in [1.54, 1.807) is 18.2 Å². The second kappa shape index (κ2) is 14.0. The molecule has 0 bridgehead atoms. The van der Waals surface area contributed by atoms with E-state index in [4.69, 9.17) is 22.7 Å². The lowest BCUT2D eigenvalue weighted by Crippen LogP contribution is -2.27. The molecule has 0 aliphatic rings. The summed E-state index contributed by atoms with van der Waals surface area (Å²) in [4.78, 5) is 28.5. The lowest BCUT2D eigenvalue weighted by molar-refractivity contribution is -0.115. The van der Waals surface area contributed by atoms with Crippen LogP contribution in [0.25, 0.3) is 5.57 Å². The van der Waals surface area contributed by atoms with E-state index >= 15 is 0 Å². The average molecular weight is 436 g/mol. The largest absolute Gasteiger partial charge is 0.464 e. The van der Waals surface area contributed by atoms with Gasteiger partial charge in [0.15, 0.2) is 5.69 Å². The van der Waals surface area contributed by atoms with Crippen molar-refractivity contribution in [3.05, 3.63) is 77.9 Å². The number of hydrogen-bond acceptors (Lipinski definition) is 7. The zero-order chi connectivity index (χ0) is 23.9. The molecule has 0 radical (unpaired) electrons. The normalized spacial score (nSPS) is 10.5. The molecule has 0 aliphatic carbocycles. The van der Waals surface area contributed by atoms with Gasteiger partial charge in [-0.25, -0.2) is 15.6 Å². The zero-order valence-corrected chi connectivity index (χ0v) is 18.5. The van der Waals surface area contributed by atoms with Crippen molar-refractivity contribution in [2.45, 2.75) is 20.3 Å². The summed E-state index contributed by atoms with van der Waals surface area (Å²) in [7, 11) is 1.25. The minimum atomic E-state index is -0.637. The van der Waals surface area contributed by atoms with Crippen LogP contribution in [-0.4, -0.2) is 35.5 Å². The van der Waals surface area contributed by atoms with E-state index in [1.807, 2.05) is 38.1 Å². The van der Waals surface area contributed by atoms with E-state index in [-0.39, 0.29) is 23.7 Å². The van der Waals surface area contributed by atoms with Crippen molar-refractivity contribution in [2.75, 3.05) is 19.0 Å². The van der Waals surface area contributed by atoms with Crippen molar-refractivity contribution < 1.29 is 14.3 Å². The average Bonchev–Trinajstić information content (AvgIpc) is 2.80. The van der Waals surface area contributed by atoms with Gasteiger partial charge in [0, 0.05) is 18.6 Å². The summed E-state index contributed by atoms with van der Waals surface area (Å²) in [6, 6.07) is 10.5. The quantitative estimate of drug-likeness (QED) is 0.252. The van der Waals surface area contributed by atoms with E-state index in [0.29, 0.717) is 6.54 Å². The Morgan fingerprint density at radius 3 is 2.62 bits per heavy atom. The number of carbonyl (C=O) groups excluding carboxylic acids is 2. The summed E-state index contributed by atoms with van der Waals surface area (Å²) in [5.74, 6) is 7.43. The van der Waals surface area contributed by atoms with Crippen molar-refractivity contribution in [1.82, 2.24) is 9.99 Å². The minimum Gasteiger partial charge on any atom is -0.464 e. The molecular formula is C24H29N5O3. The Morgan fingerprint density at radius 2 is 1.97 bits per heavy atom. The number of anilines is 1. The summed E-state index contributed by atoms with van der Waals surface area (Å²) in [5, 5.41) is 4.10. The van der Waals surface area contributed by atoms with Gasteiger partial charge in [0.2, 0.25) is 5.91 Å². The van der Waals surface area contributed by atoms with Crippen molar-refractivity contribution in [1.29, 1.82) is 0 Å². The van der Waals surface area contributed by atoms with Crippen LogP contribution in [0.3, 0.4) is 0 Å². The third-order valence-corrected chi connectivity index (χ3v) is 4.06. The predicted octanol–water partition coefficient (Wildman–Crippen LogP) is 2.70. The standard InChI is InChI=1S/C22H23N5O3.C2H6/c1-3-7-17(15-27(24)13-11-23)18-9-5-4-8-16(18)14-20(28)26-19-10-6-12-25-21(19)22(29)30-2;1-2/h1,4-13H,14-15,23-24H2,2H3,(H,26,28);1-2H3/b13-11-,17-7-;. The Kier molecular flexibility index (Phi) is 11.4. The van der Waals surface area contributed by atoms with Gasteiger partial charge in [-0.1, -0.05) is 44.0 Å². The number of benzene rings is 1. The SMILES string of the molecule is C#C/C=C(/CN(N)/C=C\N)c1ccccc1CC(=O)Nc1cccnc1C(=O)OC.CC. The fourth-order valence-electron chi connectivity index (χ4n) is 2.79. The van der Waals surface area contributed by atoms with Crippen molar-refractivity contribution in [3.8, 4) is 12.3 Å². The van der Waals surface area contributed by atoms with E-state index in [0.717, 1.165) is 16.7 Å². The monoisotopic (exact) mass is 435 g/mol. The number of allylic oxidation sites excluding steroid dienone is 1.